The lowest BCUT2D eigenvalue weighted by Gasteiger charge is -2.16. The van der Waals surface area contributed by atoms with Gasteiger partial charge in [-0.15, -0.1) is 0 Å². The van der Waals surface area contributed by atoms with Gasteiger partial charge in [-0.25, -0.2) is 13.2 Å². The van der Waals surface area contributed by atoms with E-state index in [2.05, 4.69) is 0 Å². The van der Waals surface area contributed by atoms with E-state index in [0.29, 0.717) is 25.0 Å². The molecule has 146 valence electrons. The Hall–Kier alpha value is -1.77. The zero-order valence-electron chi connectivity index (χ0n) is 15.1. The standard InChI is InChI=1S/C18H26O7S/c1-24-10-4-3-5-16(13-26(22,23)12-11-25-2)17(19)14-6-8-15(9-7-14)18(20)21/h6-9,16H,3-5,10-13H2,1-2H3,(H,20,21). The number of Topliss-reactive ketones (excluding diaryl/α,β-unsaturated/α-hetero) is 1. The van der Waals surface area contributed by atoms with Crippen LogP contribution in [-0.4, -0.2) is 64.2 Å². The summed E-state index contributed by atoms with van der Waals surface area (Å²) in [5, 5.41) is 8.94. The van der Waals surface area contributed by atoms with E-state index in [1.807, 2.05) is 0 Å². The van der Waals surface area contributed by atoms with Crippen LogP contribution >= 0.6 is 0 Å². The third kappa shape index (κ3) is 7.63. The Morgan fingerprint density at radius 2 is 1.58 bits per heavy atom. The van der Waals surface area contributed by atoms with E-state index in [-0.39, 0.29) is 29.5 Å². The van der Waals surface area contributed by atoms with Crippen LogP contribution in [0.4, 0.5) is 0 Å². The molecule has 0 aliphatic rings. The van der Waals surface area contributed by atoms with Gasteiger partial charge in [-0.3, -0.25) is 4.79 Å². The second kappa shape index (κ2) is 11.1. The first-order valence-corrected chi connectivity index (χ1v) is 10.2. The van der Waals surface area contributed by atoms with E-state index in [0.717, 1.165) is 6.42 Å². The molecule has 0 saturated heterocycles. The van der Waals surface area contributed by atoms with E-state index in [4.69, 9.17) is 14.6 Å². The average Bonchev–Trinajstić information content (AvgIpc) is 2.62. The Kier molecular flexibility index (Phi) is 9.47. The van der Waals surface area contributed by atoms with Crippen LogP contribution in [0.3, 0.4) is 0 Å². The first-order chi connectivity index (χ1) is 12.3. The lowest BCUT2D eigenvalue weighted by Crippen LogP contribution is -2.27. The molecule has 0 aromatic heterocycles. The third-order valence-electron chi connectivity index (χ3n) is 3.99. The Bertz CT molecular complexity index is 680. The normalized spacial score (nSPS) is 12.7. The molecule has 7 nitrogen and oxygen atoms in total. The summed E-state index contributed by atoms with van der Waals surface area (Å²) in [6.07, 6.45) is 1.82. The van der Waals surface area contributed by atoms with Crippen LogP contribution in [0.2, 0.25) is 0 Å². The number of benzene rings is 1. The zero-order chi connectivity index (χ0) is 19.6. The minimum atomic E-state index is -3.43. The molecular formula is C18H26O7S. The van der Waals surface area contributed by atoms with Gasteiger partial charge in [0, 0.05) is 32.3 Å². The van der Waals surface area contributed by atoms with Crippen molar-refractivity contribution in [2.45, 2.75) is 19.3 Å². The number of ketones is 1. The van der Waals surface area contributed by atoms with Crippen molar-refractivity contribution in [2.75, 3.05) is 38.9 Å². The van der Waals surface area contributed by atoms with Crippen LogP contribution in [0, 0.1) is 5.92 Å². The molecule has 0 aliphatic heterocycles. The van der Waals surface area contributed by atoms with E-state index < -0.39 is 21.7 Å². The van der Waals surface area contributed by atoms with Crippen LogP contribution in [0.1, 0.15) is 40.0 Å². The molecule has 0 radical (unpaired) electrons. The van der Waals surface area contributed by atoms with E-state index >= 15 is 0 Å². The molecule has 1 unspecified atom stereocenters. The fourth-order valence-electron chi connectivity index (χ4n) is 2.54. The molecule has 0 aliphatic carbocycles. The molecule has 1 rings (SSSR count). The number of hydrogen-bond donors (Lipinski definition) is 1. The van der Waals surface area contributed by atoms with Crippen molar-refractivity contribution < 1.29 is 32.6 Å². The molecule has 0 heterocycles. The molecular weight excluding hydrogens is 360 g/mol. The zero-order valence-corrected chi connectivity index (χ0v) is 16.0. The van der Waals surface area contributed by atoms with Gasteiger partial charge in [0.05, 0.1) is 23.7 Å². The minimum absolute atomic E-state index is 0.0749. The van der Waals surface area contributed by atoms with Gasteiger partial charge in [-0.1, -0.05) is 18.6 Å². The lowest BCUT2D eigenvalue weighted by atomic mass is 9.93. The molecule has 0 bridgehead atoms. The maximum absolute atomic E-state index is 12.8. The summed E-state index contributed by atoms with van der Waals surface area (Å²) in [5.74, 6) is -2.43. The monoisotopic (exact) mass is 386 g/mol. The third-order valence-corrected chi connectivity index (χ3v) is 5.69. The maximum Gasteiger partial charge on any atom is 0.335 e. The summed E-state index contributed by atoms with van der Waals surface area (Å²) < 4.78 is 34.3. The molecule has 0 spiro atoms. The van der Waals surface area contributed by atoms with Crippen molar-refractivity contribution in [1.29, 1.82) is 0 Å². The number of carbonyl (C=O) groups is 2. The number of unbranched alkanes of at least 4 members (excludes halogenated alkanes) is 1. The molecule has 1 N–H and O–H groups in total. The number of carbonyl (C=O) groups excluding carboxylic acids is 1. The molecule has 1 atom stereocenters. The molecule has 0 amide bonds. The van der Waals surface area contributed by atoms with Crippen molar-refractivity contribution in [1.82, 2.24) is 0 Å². The largest absolute Gasteiger partial charge is 0.478 e. The SMILES string of the molecule is COCCCCC(CS(=O)(=O)CCOC)C(=O)c1ccc(C(=O)O)cc1. The van der Waals surface area contributed by atoms with Crippen molar-refractivity contribution in [3.63, 3.8) is 0 Å². The summed E-state index contributed by atoms with van der Waals surface area (Å²) in [6, 6.07) is 5.54. The summed E-state index contributed by atoms with van der Waals surface area (Å²) >= 11 is 0. The van der Waals surface area contributed by atoms with Gasteiger partial charge in [0.15, 0.2) is 15.6 Å². The molecule has 26 heavy (non-hydrogen) atoms. The topological polar surface area (TPSA) is 107 Å². The van der Waals surface area contributed by atoms with Crippen molar-refractivity contribution in [3.05, 3.63) is 35.4 Å². The Labute approximate surface area is 154 Å². The Morgan fingerprint density at radius 3 is 2.12 bits per heavy atom. The predicted octanol–water partition coefficient (Wildman–Crippen LogP) is 2.06. The smallest absolute Gasteiger partial charge is 0.335 e. The van der Waals surface area contributed by atoms with Gasteiger partial charge in [0.25, 0.3) is 0 Å². The van der Waals surface area contributed by atoms with Gasteiger partial charge in [-0.2, -0.15) is 0 Å². The predicted molar refractivity (Wildman–Crippen MR) is 97.5 cm³/mol. The van der Waals surface area contributed by atoms with E-state index in [1.54, 1.807) is 7.11 Å². The van der Waals surface area contributed by atoms with Crippen molar-refractivity contribution >= 4 is 21.6 Å². The second-order valence-electron chi connectivity index (χ2n) is 6.04. The van der Waals surface area contributed by atoms with Gasteiger partial charge in [0.2, 0.25) is 0 Å². The fraction of sp³-hybridized carbons (Fsp3) is 0.556. The molecule has 0 saturated carbocycles. The Morgan fingerprint density at radius 1 is 1.00 bits per heavy atom. The summed E-state index contributed by atoms with van der Waals surface area (Å²) in [6.45, 7) is 0.630. The molecule has 0 fully saturated rings. The quantitative estimate of drug-likeness (QED) is 0.408. The highest BCUT2D eigenvalue weighted by molar-refractivity contribution is 7.91. The van der Waals surface area contributed by atoms with Gasteiger partial charge >= 0.3 is 5.97 Å². The Balaban J connectivity index is 2.90. The van der Waals surface area contributed by atoms with Crippen LogP contribution in [0.25, 0.3) is 0 Å². The van der Waals surface area contributed by atoms with Crippen LogP contribution < -0.4 is 0 Å². The highest BCUT2D eigenvalue weighted by atomic mass is 32.2. The molecule has 1 aromatic carbocycles. The molecule has 8 heteroatoms. The van der Waals surface area contributed by atoms with Crippen LogP contribution in [-0.2, 0) is 19.3 Å². The number of aromatic carboxylic acids is 1. The number of methoxy groups -OCH3 is 2. The summed E-state index contributed by atoms with van der Waals surface area (Å²) in [5.41, 5.74) is 0.389. The van der Waals surface area contributed by atoms with Crippen LogP contribution in [0.15, 0.2) is 24.3 Å². The number of ether oxygens (including phenoxy) is 2. The number of sulfone groups is 1. The van der Waals surface area contributed by atoms with Crippen molar-refractivity contribution in [2.24, 2.45) is 5.92 Å². The van der Waals surface area contributed by atoms with Gasteiger partial charge in [0.1, 0.15) is 0 Å². The molecule has 1 aromatic rings. The number of hydrogen-bond acceptors (Lipinski definition) is 6. The number of carboxylic acids is 1. The van der Waals surface area contributed by atoms with E-state index in [1.165, 1.54) is 31.4 Å². The van der Waals surface area contributed by atoms with E-state index in [9.17, 15) is 18.0 Å². The summed E-state index contributed by atoms with van der Waals surface area (Å²) in [7, 11) is -0.423. The first kappa shape index (κ1) is 22.3. The van der Waals surface area contributed by atoms with Gasteiger partial charge in [-0.05, 0) is 25.0 Å². The minimum Gasteiger partial charge on any atom is -0.478 e. The average molecular weight is 386 g/mol. The maximum atomic E-state index is 12.8. The summed E-state index contributed by atoms with van der Waals surface area (Å²) in [4.78, 5) is 23.7. The highest BCUT2D eigenvalue weighted by Gasteiger charge is 2.26. The highest BCUT2D eigenvalue weighted by Crippen LogP contribution is 2.19. The second-order valence-corrected chi connectivity index (χ2v) is 8.27. The lowest BCUT2D eigenvalue weighted by molar-refractivity contribution is 0.0696. The number of rotatable bonds is 13. The first-order valence-electron chi connectivity index (χ1n) is 8.36. The van der Waals surface area contributed by atoms with Crippen LogP contribution in [0.5, 0.6) is 0 Å². The van der Waals surface area contributed by atoms with Gasteiger partial charge < -0.3 is 14.6 Å². The fourth-order valence-corrected chi connectivity index (χ4v) is 4.06. The number of carboxylic acid groups (broad SMARTS) is 1. The van der Waals surface area contributed by atoms with Crippen molar-refractivity contribution in [3.8, 4) is 0 Å².